The molecule has 2 aromatic rings. The highest BCUT2D eigenvalue weighted by Crippen LogP contribution is 2.27. The third-order valence-corrected chi connectivity index (χ3v) is 3.42. The van der Waals surface area contributed by atoms with Crippen molar-refractivity contribution in [3.63, 3.8) is 0 Å². The number of hydrogen-bond acceptors (Lipinski definition) is 2. The van der Waals surface area contributed by atoms with Crippen molar-refractivity contribution in [1.82, 2.24) is 0 Å². The maximum atomic E-state index is 13.3. The van der Waals surface area contributed by atoms with Gasteiger partial charge in [0.05, 0.1) is 12.1 Å². The Hall–Kier alpha value is -1.87. The highest BCUT2D eigenvalue weighted by Gasteiger charge is 2.26. The Morgan fingerprint density at radius 3 is 2.30 bits per heavy atom. The van der Waals surface area contributed by atoms with Crippen LogP contribution >= 0.6 is 0 Å². The van der Waals surface area contributed by atoms with Gasteiger partial charge in [-0.25, -0.2) is 4.39 Å². The van der Waals surface area contributed by atoms with Crippen LogP contribution in [0.1, 0.15) is 23.6 Å². The lowest BCUT2D eigenvalue weighted by Crippen LogP contribution is -2.36. The maximum absolute atomic E-state index is 13.3. The van der Waals surface area contributed by atoms with Gasteiger partial charge in [-0.05, 0) is 44.5 Å². The molecule has 1 unspecified atom stereocenters. The Balaban J connectivity index is 2.37. The van der Waals surface area contributed by atoms with E-state index in [-0.39, 0.29) is 12.4 Å². The molecule has 0 amide bonds. The number of aliphatic hydroxyl groups is 1. The van der Waals surface area contributed by atoms with Crippen molar-refractivity contribution in [3.05, 3.63) is 65.0 Å². The molecule has 0 aliphatic heterocycles. The Kier molecular flexibility index (Phi) is 4.09. The van der Waals surface area contributed by atoms with E-state index >= 15 is 0 Å². The fourth-order valence-electron chi connectivity index (χ4n) is 2.38. The van der Waals surface area contributed by atoms with E-state index in [1.54, 1.807) is 12.1 Å². The van der Waals surface area contributed by atoms with E-state index in [2.05, 4.69) is 11.4 Å². The maximum Gasteiger partial charge on any atom is 0.125 e. The molecule has 1 atom stereocenters. The molecule has 0 aliphatic rings. The predicted octanol–water partition coefficient (Wildman–Crippen LogP) is 3.76. The number of anilines is 1. The van der Waals surface area contributed by atoms with Crippen molar-refractivity contribution in [3.8, 4) is 0 Å². The third kappa shape index (κ3) is 3.17. The van der Waals surface area contributed by atoms with Crippen molar-refractivity contribution in [2.45, 2.75) is 26.3 Å². The largest absolute Gasteiger partial charge is 0.394 e. The summed E-state index contributed by atoms with van der Waals surface area (Å²) in [6, 6.07) is 12.4. The second-order valence-electron chi connectivity index (χ2n) is 5.50. The lowest BCUT2D eigenvalue weighted by Gasteiger charge is -2.31. The lowest BCUT2D eigenvalue weighted by atomic mass is 9.90. The molecule has 0 spiro atoms. The van der Waals surface area contributed by atoms with Gasteiger partial charge in [0.1, 0.15) is 5.82 Å². The molecule has 0 radical (unpaired) electrons. The van der Waals surface area contributed by atoms with Gasteiger partial charge in [0.2, 0.25) is 0 Å². The van der Waals surface area contributed by atoms with E-state index in [4.69, 9.17) is 0 Å². The van der Waals surface area contributed by atoms with Gasteiger partial charge in [0.25, 0.3) is 0 Å². The van der Waals surface area contributed by atoms with Crippen LogP contribution in [0.5, 0.6) is 0 Å². The second-order valence-corrected chi connectivity index (χ2v) is 5.50. The Labute approximate surface area is 119 Å². The average Bonchev–Trinajstić information content (AvgIpc) is 2.37. The molecular formula is C17H20FNO. The minimum Gasteiger partial charge on any atom is -0.394 e. The number of rotatable bonds is 4. The molecule has 0 bridgehead atoms. The quantitative estimate of drug-likeness (QED) is 0.889. The summed E-state index contributed by atoms with van der Waals surface area (Å²) < 4.78 is 13.3. The number of nitrogens with one attached hydrogen (secondary N) is 1. The lowest BCUT2D eigenvalue weighted by molar-refractivity contribution is 0.224. The first-order chi connectivity index (χ1) is 9.43. The summed E-state index contributed by atoms with van der Waals surface area (Å²) in [7, 11) is 0. The summed E-state index contributed by atoms with van der Waals surface area (Å²) in [5, 5.41) is 13.0. The van der Waals surface area contributed by atoms with Crippen LogP contribution in [-0.2, 0) is 5.54 Å². The predicted molar refractivity (Wildman–Crippen MR) is 80.4 cm³/mol. The minimum atomic E-state index is -0.648. The van der Waals surface area contributed by atoms with E-state index in [1.807, 2.05) is 32.9 Å². The molecule has 0 fully saturated rings. The topological polar surface area (TPSA) is 32.3 Å². The van der Waals surface area contributed by atoms with Crippen LogP contribution in [0.4, 0.5) is 10.1 Å². The van der Waals surface area contributed by atoms with Gasteiger partial charge in [0.15, 0.2) is 0 Å². The van der Waals surface area contributed by atoms with E-state index in [0.717, 1.165) is 16.7 Å². The van der Waals surface area contributed by atoms with Crippen LogP contribution in [0.3, 0.4) is 0 Å². The van der Waals surface area contributed by atoms with Crippen molar-refractivity contribution >= 4 is 5.69 Å². The highest BCUT2D eigenvalue weighted by molar-refractivity contribution is 5.49. The van der Waals surface area contributed by atoms with Crippen LogP contribution in [0, 0.1) is 19.7 Å². The van der Waals surface area contributed by atoms with Gasteiger partial charge < -0.3 is 10.4 Å². The zero-order valence-electron chi connectivity index (χ0n) is 12.1. The first-order valence-corrected chi connectivity index (χ1v) is 6.66. The van der Waals surface area contributed by atoms with Crippen molar-refractivity contribution < 1.29 is 9.50 Å². The van der Waals surface area contributed by atoms with Gasteiger partial charge in [-0.1, -0.05) is 35.4 Å². The summed E-state index contributed by atoms with van der Waals surface area (Å²) in [6.07, 6.45) is 0. The summed E-state index contributed by atoms with van der Waals surface area (Å²) in [6.45, 7) is 5.88. The van der Waals surface area contributed by atoms with Crippen LogP contribution in [0.25, 0.3) is 0 Å². The fraction of sp³-hybridized carbons (Fsp3) is 0.294. The molecule has 20 heavy (non-hydrogen) atoms. The summed E-state index contributed by atoms with van der Waals surface area (Å²) in [5.41, 5.74) is 3.27. The normalized spacial score (nSPS) is 13.8. The first-order valence-electron chi connectivity index (χ1n) is 6.66. The van der Waals surface area contributed by atoms with Crippen LogP contribution < -0.4 is 5.32 Å². The zero-order valence-corrected chi connectivity index (χ0v) is 12.1. The molecule has 2 rings (SSSR count). The van der Waals surface area contributed by atoms with Crippen LogP contribution in [0.2, 0.25) is 0 Å². The minimum absolute atomic E-state index is 0.0770. The molecular weight excluding hydrogens is 253 g/mol. The number of aryl methyl sites for hydroxylation is 2. The Bertz CT molecular complexity index is 591. The van der Waals surface area contributed by atoms with E-state index in [0.29, 0.717) is 5.69 Å². The molecule has 0 aromatic heterocycles. The van der Waals surface area contributed by atoms with Crippen LogP contribution in [0.15, 0.2) is 42.5 Å². The second kappa shape index (κ2) is 5.63. The standard InChI is InChI=1S/C17H20FNO/c1-12-7-13(2)9-14(8-12)17(3,11-20)19-16-6-4-5-15(18)10-16/h4-10,19-20H,11H2,1-3H3. The monoisotopic (exact) mass is 273 g/mol. The summed E-state index contributed by atoms with van der Waals surface area (Å²) in [5.74, 6) is -0.296. The van der Waals surface area contributed by atoms with E-state index in [9.17, 15) is 9.50 Å². The summed E-state index contributed by atoms with van der Waals surface area (Å²) in [4.78, 5) is 0. The number of hydrogen-bond donors (Lipinski definition) is 2. The molecule has 0 heterocycles. The fourth-order valence-corrected chi connectivity index (χ4v) is 2.38. The molecule has 0 aliphatic carbocycles. The van der Waals surface area contributed by atoms with Crippen molar-refractivity contribution in [1.29, 1.82) is 0 Å². The van der Waals surface area contributed by atoms with Crippen molar-refractivity contribution in [2.75, 3.05) is 11.9 Å². The Morgan fingerprint density at radius 2 is 1.75 bits per heavy atom. The van der Waals surface area contributed by atoms with Crippen molar-refractivity contribution in [2.24, 2.45) is 0 Å². The molecule has 0 saturated carbocycles. The van der Waals surface area contributed by atoms with Gasteiger partial charge in [-0.2, -0.15) is 0 Å². The highest BCUT2D eigenvalue weighted by atomic mass is 19.1. The third-order valence-electron chi connectivity index (χ3n) is 3.42. The SMILES string of the molecule is Cc1cc(C)cc(C(C)(CO)Nc2cccc(F)c2)c1. The number of benzene rings is 2. The van der Waals surface area contributed by atoms with Gasteiger partial charge in [-0.3, -0.25) is 0 Å². The smallest absolute Gasteiger partial charge is 0.125 e. The molecule has 2 N–H and O–H groups in total. The molecule has 0 saturated heterocycles. The summed E-state index contributed by atoms with van der Waals surface area (Å²) >= 11 is 0. The van der Waals surface area contributed by atoms with E-state index in [1.165, 1.54) is 12.1 Å². The van der Waals surface area contributed by atoms with Gasteiger partial charge in [-0.15, -0.1) is 0 Å². The van der Waals surface area contributed by atoms with E-state index < -0.39 is 5.54 Å². The molecule has 2 nitrogen and oxygen atoms in total. The first kappa shape index (κ1) is 14.5. The van der Waals surface area contributed by atoms with Gasteiger partial charge in [0, 0.05) is 5.69 Å². The Morgan fingerprint density at radius 1 is 1.10 bits per heavy atom. The number of aliphatic hydroxyl groups excluding tert-OH is 1. The number of halogens is 1. The molecule has 106 valence electrons. The van der Waals surface area contributed by atoms with Crippen LogP contribution in [-0.4, -0.2) is 11.7 Å². The molecule has 2 aromatic carbocycles. The average molecular weight is 273 g/mol. The molecule has 3 heteroatoms. The van der Waals surface area contributed by atoms with Gasteiger partial charge >= 0.3 is 0 Å². The zero-order chi connectivity index (χ0) is 14.8.